The van der Waals surface area contributed by atoms with Gasteiger partial charge in [-0.3, -0.25) is 4.98 Å². The molecule has 0 amide bonds. The summed E-state index contributed by atoms with van der Waals surface area (Å²) in [5.41, 5.74) is 1.47. The van der Waals surface area contributed by atoms with Crippen LogP contribution in [0.2, 0.25) is 0 Å². The minimum absolute atomic E-state index is 0.218. The number of halogens is 1. The van der Waals surface area contributed by atoms with E-state index in [4.69, 9.17) is 0 Å². The second-order valence-corrected chi connectivity index (χ2v) is 3.81. The molecule has 1 atom stereocenters. The van der Waals surface area contributed by atoms with Gasteiger partial charge in [-0.15, -0.1) is 0 Å². The van der Waals surface area contributed by atoms with E-state index in [1.165, 1.54) is 18.9 Å². The van der Waals surface area contributed by atoms with Crippen LogP contribution in [0.4, 0.5) is 4.39 Å². The van der Waals surface area contributed by atoms with Gasteiger partial charge >= 0.3 is 0 Å². The lowest BCUT2D eigenvalue weighted by Crippen LogP contribution is -2.27. The zero-order chi connectivity index (χ0) is 9.97. The number of pyridine rings is 1. The van der Waals surface area contributed by atoms with Gasteiger partial charge < -0.3 is 5.32 Å². The Morgan fingerprint density at radius 3 is 2.93 bits per heavy atom. The Bertz CT molecular complexity index is 319. The van der Waals surface area contributed by atoms with Crippen LogP contribution < -0.4 is 5.32 Å². The Labute approximate surface area is 83.6 Å². The molecule has 1 saturated heterocycles. The zero-order valence-electron chi connectivity index (χ0n) is 8.39. The third kappa shape index (κ3) is 1.93. The van der Waals surface area contributed by atoms with Crippen LogP contribution in [0.15, 0.2) is 12.1 Å². The van der Waals surface area contributed by atoms with Crippen molar-refractivity contribution in [1.29, 1.82) is 0 Å². The van der Waals surface area contributed by atoms with Crippen molar-refractivity contribution in [3.05, 3.63) is 29.3 Å². The molecule has 1 aromatic heterocycles. The van der Waals surface area contributed by atoms with Gasteiger partial charge in [0.05, 0.1) is 11.4 Å². The Morgan fingerprint density at radius 2 is 2.29 bits per heavy atom. The predicted octanol–water partition coefficient (Wildman–Crippen LogP) is 2.34. The van der Waals surface area contributed by atoms with Gasteiger partial charge in [0.15, 0.2) is 0 Å². The first-order valence-corrected chi connectivity index (χ1v) is 5.14. The lowest BCUT2D eigenvalue weighted by atomic mass is 10.0. The van der Waals surface area contributed by atoms with Crippen LogP contribution in [0.1, 0.15) is 36.7 Å². The van der Waals surface area contributed by atoms with Crippen molar-refractivity contribution in [3.8, 4) is 0 Å². The molecule has 2 heterocycles. The Hall–Kier alpha value is -0.960. The molecule has 1 fully saturated rings. The fourth-order valence-corrected chi connectivity index (χ4v) is 1.86. The van der Waals surface area contributed by atoms with Gasteiger partial charge in [-0.05, 0) is 38.4 Å². The third-order valence-electron chi connectivity index (χ3n) is 2.71. The summed E-state index contributed by atoms with van der Waals surface area (Å²) in [4.78, 5) is 4.26. The number of hydrogen-bond acceptors (Lipinski definition) is 2. The van der Waals surface area contributed by atoms with Crippen LogP contribution in [0, 0.1) is 12.7 Å². The van der Waals surface area contributed by atoms with Crippen LogP contribution in [-0.4, -0.2) is 11.5 Å². The third-order valence-corrected chi connectivity index (χ3v) is 2.71. The summed E-state index contributed by atoms with van der Waals surface area (Å²) in [6.45, 7) is 2.75. The van der Waals surface area contributed by atoms with Crippen molar-refractivity contribution in [2.45, 2.75) is 32.2 Å². The van der Waals surface area contributed by atoms with E-state index >= 15 is 0 Å². The number of hydrogen-bond donors (Lipinski definition) is 1. The highest BCUT2D eigenvalue weighted by atomic mass is 19.1. The van der Waals surface area contributed by atoms with Gasteiger partial charge in [0, 0.05) is 6.04 Å². The minimum atomic E-state index is -0.218. The number of nitrogens with one attached hydrogen (secondary N) is 1. The average molecular weight is 194 g/mol. The first-order chi connectivity index (χ1) is 6.77. The molecule has 2 rings (SSSR count). The molecule has 1 aliphatic rings. The molecule has 1 N–H and O–H groups in total. The van der Waals surface area contributed by atoms with E-state index in [2.05, 4.69) is 10.3 Å². The zero-order valence-corrected chi connectivity index (χ0v) is 8.39. The van der Waals surface area contributed by atoms with Crippen molar-refractivity contribution < 1.29 is 4.39 Å². The van der Waals surface area contributed by atoms with Crippen molar-refractivity contribution >= 4 is 0 Å². The van der Waals surface area contributed by atoms with Gasteiger partial charge in [-0.2, -0.15) is 0 Å². The molecule has 0 spiro atoms. The van der Waals surface area contributed by atoms with Gasteiger partial charge in [0.2, 0.25) is 0 Å². The molecule has 0 radical (unpaired) electrons. The van der Waals surface area contributed by atoms with Gasteiger partial charge in [-0.25, -0.2) is 4.39 Å². The average Bonchev–Trinajstić information content (AvgIpc) is 2.23. The fourth-order valence-electron chi connectivity index (χ4n) is 1.86. The first kappa shape index (κ1) is 9.59. The normalized spacial score (nSPS) is 22.3. The quantitative estimate of drug-likeness (QED) is 0.742. The number of aromatic nitrogens is 1. The van der Waals surface area contributed by atoms with Crippen LogP contribution in [-0.2, 0) is 0 Å². The molecule has 76 valence electrons. The predicted molar refractivity (Wildman–Crippen MR) is 53.5 cm³/mol. The SMILES string of the molecule is Cc1nc([C@H]2CCCCN2)ccc1F. The molecule has 1 aliphatic heterocycles. The van der Waals surface area contributed by atoms with Gasteiger partial charge in [-0.1, -0.05) is 6.42 Å². The summed E-state index contributed by atoms with van der Waals surface area (Å²) in [6, 6.07) is 3.61. The second-order valence-electron chi connectivity index (χ2n) is 3.81. The number of rotatable bonds is 1. The Morgan fingerprint density at radius 1 is 1.43 bits per heavy atom. The minimum Gasteiger partial charge on any atom is -0.309 e. The van der Waals surface area contributed by atoms with E-state index in [-0.39, 0.29) is 5.82 Å². The van der Waals surface area contributed by atoms with Crippen LogP contribution in [0.25, 0.3) is 0 Å². The highest BCUT2D eigenvalue weighted by molar-refractivity contribution is 5.15. The molecule has 0 bridgehead atoms. The molecule has 14 heavy (non-hydrogen) atoms. The van der Waals surface area contributed by atoms with Gasteiger partial charge in [0.25, 0.3) is 0 Å². The molecule has 2 nitrogen and oxygen atoms in total. The number of piperidine rings is 1. The number of aryl methyl sites for hydroxylation is 1. The summed E-state index contributed by atoms with van der Waals surface area (Å²) in [6.07, 6.45) is 3.57. The molecule has 1 aromatic rings. The summed E-state index contributed by atoms with van der Waals surface area (Å²) in [5, 5.41) is 3.40. The first-order valence-electron chi connectivity index (χ1n) is 5.14. The molecule has 0 aromatic carbocycles. The largest absolute Gasteiger partial charge is 0.309 e. The number of nitrogens with zero attached hydrogens (tertiary/aromatic N) is 1. The standard InChI is InChI=1S/C11H15FN2/c1-8-9(12)5-6-11(14-8)10-4-2-3-7-13-10/h5-6,10,13H,2-4,7H2,1H3/t10-/m1/s1. The van der Waals surface area contributed by atoms with Crippen LogP contribution >= 0.6 is 0 Å². The van der Waals surface area contributed by atoms with Crippen molar-refractivity contribution in [2.24, 2.45) is 0 Å². The van der Waals surface area contributed by atoms with Crippen molar-refractivity contribution in [2.75, 3.05) is 6.54 Å². The molecule has 0 aliphatic carbocycles. The van der Waals surface area contributed by atoms with E-state index in [1.54, 1.807) is 13.0 Å². The highest BCUT2D eigenvalue weighted by Crippen LogP contribution is 2.21. The summed E-state index contributed by atoms with van der Waals surface area (Å²) >= 11 is 0. The van der Waals surface area contributed by atoms with E-state index in [1.807, 2.05) is 0 Å². The van der Waals surface area contributed by atoms with E-state index < -0.39 is 0 Å². The smallest absolute Gasteiger partial charge is 0.144 e. The summed E-state index contributed by atoms with van der Waals surface area (Å²) < 4.78 is 13.0. The topological polar surface area (TPSA) is 24.9 Å². The lowest BCUT2D eigenvalue weighted by Gasteiger charge is -2.23. The van der Waals surface area contributed by atoms with E-state index in [0.29, 0.717) is 11.7 Å². The molecule has 3 heteroatoms. The maximum atomic E-state index is 13.0. The molecule has 0 unspecified atom stereocenters. The molecular formula is C11H15FN2. The molecular weight excluding hydrogens is 179 g/mol. The van der Waals surface area contributed by atoms with E-state index in [0.717, 1.165) is 18.7 Å². The van der Waals surface area contributed by atoms with Crippen molar-refractivity contribution in [1.82, 2.24) is 10.3 Å². The Kier molecular flexibility index (Phi) is 2.77. The fraction of sp³-hybridized carbons (Fsp3) is 0.545. The monoisotopic (exact) mass is 194 g/mol. The summed E-state index contributed by atoms with van der Waals surface area (Å²) in [5.74, 6) is -0.218. The Balaban J connectivity index is 2.18. The van der Waals surface area contributed by atoms with Gasteiger partial charge in [0.1, 0.15) is 5.82 Å². The van der Waals surface area contributed by atoms with Crippen LogP contribution in [0.3, 0.4) is 0 Å². The van der Waals surface area contributed by atoms with Crippen LogP contribution in [0.5, 0.6) is 0 Å². The second kappa shape index (κ2) is 4.05. The highest BCUT2D eigenvalue weighted by Gasteiger charge is 2.16. The van der Waals surface area contributed by atoms with Crippen molar-refractivity contribution in [3.63, 3.8) is 0 Å². The summed E-state index contributed by atoms with van der Waals surface area (Å²) in [7, 11) is 0. The molecule has 0 saturated carbocycles. The maximum absolute atomic E-state index is 13.0. The lowest BCUT2D eigenvalue weighted by molar-refractivity contribution is 0.404. The maximum Gasteiger partial charge on any atom is 0.144 e. The van der Waals surface area contributed by atoms with E-state index in [9.17, 15) is 4.39 Å².